The van der Waals surface area contributed by atoms with Gasteiger partial charge in [-0.25, -0.2) is 14.8 Å². The minimum absolute atomic E-state index is 0.295. The number of anilines is 1. The Balaban J connectivity index is 1.76. The van der Waals surface area contributed by atoms with Crippen molar-refractivity contribution in [2.24, 2.45) is 0 Å². The highest BCUT2D eigenvalue weighted by molar-refractivity contribution is 6.11. The van der Waals surface area contributed by atoms with Crippen LogP contribution in [0, 0.1) is 13.8 Å². The molecular weight excluding hydrogens is 390 g/mol. The zero-order valence-electron chi connectivity index (χ0n) is 17.5. The zero-order chi connectivity index (χ0) is 22.0. The number of rotatable bonds is 4. The van der Waals surface area contributed by atoms with Crippen LogP contribution in [0.4, 0.5) is 5.69 Å². The maximum atomic E-state index is 13.2. The summed E-state index contributed by atoms with van der Waals surface area (Å²) in [7, 11) is 1.33. The Morgan fingerprint density at radius 1 is 0.903 bits per heavy atom. The molecule has 0 radical (unpaired) electrons. The second-order valence-electron chi connectivity index (χ2n) is 7.25. The van der Waals surface area contributed by atoms with E-state index in [9.17, 15) is 9.59 Å². The van der Waals surface area contributed by atoms with Gasteiger partial charge < -0.3 is 10.1 Å². The predicted molar refractivity (Wildman–Crippen MR) is 120 cm³/mol. The molecule has 154 valence electrons. The summed E-state index contributed by atoms with van der Waals surface area (Å²) in [5.74, 6) is -0.280. The maximum Gasteiger partial charge on any atom is 0.337 e. The molecule has 0 spiro atoms. The summed E-state index contributed by atoms with van der Waals surface area (Å²) in [6.07, 6.45) is 0. The van der Waals surface area contributed by atoms with E-state index in [-0.39, 0.29) is 5.91 Å². The SMILES string of the molecule is COC(=O)c1ccc(NC(=O)c2nc(-c3ccccc3C)nc3ccc(C)cc23)cc1. The van der Waals surface area contributed by atoms with Gasteiger partial charge in [0, 0.05) is 16.6 Å². The van der Waals surface area contributed by atoms with Crippen molar-refractivity contribution in [2.75, 3.05) is 12.4 Å². The zero-order valence-corrected chi connectivity index (χ0v) is 17.5. The Labute approximate surface area is 179 Å². The first-order valence-corrected chi connectivity index (χ1v) is 9.80. The first-order chi connectivity index (χ1) is 15.0. The van der Waals surface area contributed by atoms with E-state index >= 15 is 0 Å². The maximum absolute atomic E-state index is 13.2. The Morgan fingerprint density at radius 2 is 1.65 bits per heavy atom. The van der Waals surface area contributed by atoms with E-state index in [0.29, 0.717) is 33.7 Å². The lowest BCUT2D eigenvalue weighted by atomic mass is 10.1. The number of aromatic nitrogens is 2. The molecule has 1 heterocycles. The van der Waals surface area contributed by atoms with Crippen molar-refractivity contribution in [3.8, 4) is 11.4 Å². The van der Waals surface area contributed by atoms with Crippen LogP contribution in [0.3, 0.4) is 0 Å². The number of methoxy groups -OCH3 is 1. The quantitative estimate of drug-likeness (QED) is 0.481. The molecule has 1 aromatic heterocycles. The molecule has 0 aliphatic heterocycles. The summed E-state index contributed by atoms with van der Waals surface area (Å²) in [6.45, 7) is 3.95. The van der Waals surface area contributed by atoms with Gasteiger partial charge in [0.1, 0.15) is 5.69 Å². The van der Waals surface area contributed by atoms with Gasteiger partial charge in [0.2, 0.25) is 0 Å². The van der Waals surface area contributed by atoms with Crippen LogP contribution in [0.25, 0.3) is 22.3 Å². The summed E-state index contributed by atoms with van der Waals surface area (Å²) in [6, 6.07) is 20.1. The lowest BCUT2D eigenvalue weighted by Crippen LogP contribution is -2.15. The largest absolute Gasteiger partial charge is 0.465 e. The second kappa shape index (κ2) is 8.36. The summed E-state index contributed by atoms with van der Waals surface area (Å²) >= 11 is 0. The fourth-order valence-corrected chi connectivity index (χ4v) is 3.36. The number of esters is 1. The van der Waals surface area contributed by atoms with E-state index in [0.717, 1.165) is 16.7 Å². The number of ether oxygens (including phenoxy) is 1. The molecule has 0 aliphatic rings. The molecule has 1 amide bonds. The summed E-state index contributed by atoms with van der Waals surface area (Å²) in [5.41, 5.74) is 4.87. The van der Waals surface area contributed by atoms with Gasteiger partial charge in [-0.3, -0.25) is 4.79 Å². The van der Waals surface area contributed by atoms with E-state index in [4.69, 9.17) is 9.72 Å². The Bertz CT molecular complexity index is 1300. The molecule has 4 rings (SSSR count). The van der Waals surface area contributed by atoms with Crippen LogP contribution in [0.5, 0.6) is 0 Å². The van der Waals surface area contributed by atoms with Crippen LogP contribution < -0.4 is 5.32 Å². The smallest absolute Gasteiger partial charge is 0.337 e. The number of fused-ring (bicyclic) bond motifs is 1. The number of benzene rings is 3. The molecule has 0 saturated heterocycles. The van der Waals surface area contributed by atoms with E-state index in [1.807, 2.05) is 56.3 Å². The number of hydrogen-bond donors (Lipinski definition) is 1. The van der Waals surface area contributed by atoms with Gasteiger partial charge in [-0.05, 0) is 55.8 Å². The monoisotopic (exact) mass is 411 g/mol. The van der Waals surface area contributed by atoms with E-state index in [2.05, 4.69) is 10.3 Å². The van der Waals surface area contributed by atoms with E-state index < -0.39 is 5.97 Å². The van der Waals surface area contributed by atoms with Crippen LogP contribution in [0.2, 0.25) is 0 Å². The number of amides is 1. The average molecular weight is 411 g/mol. The molecule has 6 nitrogen and oxygen atoms in total. The fraction of sp³-hybridized carbons (Fsp3) is 0.120. The van der Waals surface area contributed by atoms with Crippen LogP contribution in [-0.2, 0) is 4.74 Å². The first-order valence-electron chi connectivity index (χ1n) is 9.80. The van der Waals surface area contributed by atoms with Crippen LogP contribution in [0.1, 0.15) is 32.0 Å². The minimum atomic E-state index is -0.432. The highest BCUT2D eigenvalue weighted by Gasteiger charge is 2.17. The van der Waals surface area contributed by atoms with Gasteiger partial charge in [-0.15, -0.1) is 0 Å². The highest BCUT2D eigenvalue weighted by atomic mass is 16.5. The van der Waals surface area contributed by atoms with E-state index in [1.54, 1.807) is 24.3 Å². The third-order valence-corrected chi connectivity index (χ3v) is 5.02. The molecule has 6 heteroatoms. The van der Waals surface area contributed by atoms with Crippen molar-refractivity contribution in [1.82, 2.24) is 9.97 Å². The lowest BCUT2D eigenvalue weighted by molar-refractivity contribution is 0.0600. The number of carbonyl (C=O) groups excluding carboxylic acids is 2. The number of aryl methyl sites for hydroxylation is 2. The van der Waals surface area contributed by atoms with Gasteiger partial charge in [0.25, 0.3) is 5.91 Å². The standard InChI is InChI=1S/C25H21N3O3/c1-15-8-13-21-20(14-15)22(28-23(27-21)19-7-5-4-6-16(19)2)24(29)26-18-11-9-17(10-12-18)25(30)31-3/h4-14H,1-3H3,(H,26,29). The van der Waals surface area contributed by atoms with Crippen molar-refractivity contribution in [1.29, 1.82) is 0 Å². The topological polar surface area (TPSA) is 81.2 Å². The summed E-state index contributed by atoms with van der Waals surface area (Å²) in [5, 5.41) is 3.55. The molecule has 0 atom stereocenters. The van der Waals surface area contributed by atoms with Crippen molar-refractivity contribution in [2.45, 2.75) is 13.8 Å². The normalized spacial score (nSPS) is 10.7. The Morgan fingerprint density at radius 3 is 2.35 bits per heavy atom. The molecule has 0 bridgehead atoms. The van der Waals surface area contributed by atoms with E-state index in [1.165, 1.54) is 7.11 Å². The van der Waals surface area contributed by atoms with Crippen LogP contribution >= 0.6 is 0 Å². The second-order valence-corrected chi connectivity index (χ2v) is 7.25. The summed E-state index contributed by atoms with van der Waals surface area (Å²) in [4.78, 5) is 34.1. The lowest BCUT2D eigenvalue weighted by Gasteiger charge is -2.11. The van der Waals surface area contributed by atoms with Crippen molar-refractivity contribution < 1.29 is 14.3 Å². The number of hydrogen-bond acceptors (Lipinski definition) is 5. The number of nitrogens with zero attached hydrogens (tertiary/aromatic N) is 2. The molecule has 0 fully saturated rings. The fourth-order valence-electron chi connectivity index (χ4n) is 3.36. The number of carbonyl (C=O) groups is 2. The van der Waals surface area contributed by atoms with Gasteiger partial charge >= 0.3 is 5.97 Å². The van der Waals surface area contributed by atoms with Gasteiger partial charge in [-0.2, -0.15) is 0 Å². The molecule has 31 heavy (non-hydrogen) atoms. The van der Waals surface area contributed by atoms with Crippen LogP contribution in [0.15, 0.2) is 66.7 Å². The van der Waals surface area contributed by atoms with Crippen molar-refractivity contribution in [3.63, 3.8) is 0 Å². The van der Waals surface area contributed by atoms with Gasteiger partial charge in [-0.1, -0.05) is 35.9 Å². The van der Waals surface area contributed by atoms with Gasteiger partial charge in [0.05, 0.1) is 18.2 Å². The van der Waals surface area contributed by atoms with Crippen molar-refractivity contribution >= 4 is 28.5 Å². The molecule has 4 aromatic rings. The highest BCUT2D eigenvalue weighted by Crippen LogP contribution is 2.25. The predicted octanol–water partition coefficient (Wildman–Crippen LogP) is 4.95. The Kier molecular flexibility index (Phi) is 5.45. The van der Waals surface area contributed by atoms with Crippen molar-refractivity contribution in [3.05, 3.63) is 89.1 Å². The van der Waals surface area contributed by atoms with Crippen LogP contribution in [-0.4, -0.2) is 29.0 Å². The molecule has 1 N–H and O–H groups in total. The third kappa shape index (κ3) is 4.14. The average Bonchev–Trinajstić information content (AvgIpc) is 2.78. The third-order valence-electron chi connectivity index (χ3n) is 5.02. The number of nitrogens with one attached hydrogen (secondary N) is 1. The molecule has 0 aliphatic carbocycles. The summed E-state index contributed by atoms with van der Waals surface area (Å²) < 4.78 is 4.71. The molecule has 0 unspecified atom stereocenters. The van der Waals surface area contributed by atoms with Gasteiger partial charge in [0.15, 0.2) is 5.82 Å². The molecule has 0 saturated carbocycles. The Hall–Kier alpha value is -4.06. The molecular formula is C25H21N3O3. The molecule has 3 aromatic carbocycles. The minimum Gasteiger partial charge on any atom is -0.465 e. The first kappa shape index (κ1) is 20.2.